The molecule has 10 heterocycles. The number of hydrogen-bond acceptors (Lipinski definition) is 12. The molecule has 4 aromatic heterocycles. The summed E-state index contributed by atoms with van der Waals surface area (Å²) < 4.78 is 32.6. The first-order valence-corrected chi connectivity index (χ1v) is 22.2. The zero-order valence-electron chi connectivity index (χ0n) is 36.3. The standard InChI is InChI=1S/2C24H20FN7O2/c2*25-15-3-1-2-14(11-26)20(15)16-10-18(21-17(29-16)12-28-22(21)33)32-8-4-19(30-32)31-9-6-24(13-31)5-7-27-23(24)34/h2*1-4,8,10H,5-7,9,12-13H2,(H,27,34)(H,28,33)/t24-;/m0./s1. The maximum Gasteiger partial charge on any atom is 0.255 e. The minimum atomic E-state index is -0.562. The van der Waals surface area contributed by atoms with Crippen LogP contribution in [0.25, 0.3) is 33.9 Å². The van der Waals surface area contributed by atoms with E-state index in [4.69, 9.17) is 10.2 Å². The van der Waals surface area contributed by atoms with Gasteiger partial charge in [-0.15, -0.1) is 0 Å². The van der Waals surface area contributed by atoms with Gasteiger partial charge in [-0.25, -0.2) is 28.1 Å². The molecule has 6 aromatic rings. The number of nitriles is 2. The van der Waals surface area contributed by atoms with Crippen LogP contribution in [0.15, 0.2) is 73.1 Å². The molecule has 20 heteroatoms. The van der Waals surface area contributed by atoms with Gasteiger partial charge in [0.2, 0.25) is 11.8 Å². The first-order valence-electron chi connectivity index (χ1n) is 22.2. The molecule has 68 heavy (non-hydrogen) atoms. The maximum atomic E-state index is 14.7. The number of carbonyl (C=O) groups is 4. The van der Waals surface area contributed by atoms with E-state index in [1.54, 1.807) is 33.9 Å². The minimum Gasteiger partial charge on any atom is -0.356 e. The second-order valence-electron chi connectivity index (χ2n) is 17.8. The van der Waals surface area contributed by atoms with Gasteiger partial charge < -0.3 is 31.1 Å². The summed E-state index contributed by atoms with van der Waals surface area (Å²) >= 11 is 0. The summed E-state index contributed by atoms with van der Waals surface area (Å²) in [6, 6.07) is 19.5. The van der Waals surface area contributed by atoms with Crippen LogP contribution < -0.4 is 31.1 Å². The van der Waals surface area contributed by atoms with Gasteiger partial charge >= 0.3 is 0 Å². The SMILES string of the molecule is N#Cc1cccc(F)c1-c1cc(-n2ccc(N3CCC4(CCNC4=O)C3)n2)c2c(n1)CNC2=O.N#Cc1cccc(F)c1-c1cc(-n2ccc(N3CC[C@@]4(CCNC4=O)C3)n2)c2c(n1)CNC2=O. The molecule has 2 spiro atoms. The van der Waals surface area contributed by atoms with Crippen LogP contribution in [-0.2, 0) is 22.7 Å². The normalized spacial score (nSPS) is 21.0. The highest BCUT2D eigenvalue weighted by atomic mass is 19.1. The molecule has 0 radical (unpaired) electrons. The Kier molecular flexibility index (Phi) is 9.99. The van der Waals surface area contributed by atoms with Gasteiger partial charge in [0.05, 0.1) is 104 Å². The molecule has 1 unspecified atom stereocenters. The lowest BCUT2D eigenvalue weighted by Crippen LogP contribution is -2.34. The van der Waals surface area contributed by atoms with Gasteiger partial charge in [0.1, 0.15) is 11.6 Å². The van der Waals surface area contributed by atoms with E-state index in [2.05, 4.69) is 41.0 Å². The highest BCUT2D eigenvalue weighted by Crippen LogP contribution is 2.41. The molecule has 0 saturated carbocycles. The first-order chi connectivity index (χ1) is 33.0. The van der Waals surface area contributed by atoms with E-state index in [9.17, 15) is 38.5 Å². The van der Waals surface area contributed by atoms with Crippen molar-refractivity contribution in [1.29, 1.82) is 10.5 Å². The number of amides is 4. The Labute approximate surface area is 386 Å². The van der Waals surface area contributed by atoms with Crippen molar-refractivity contribution in [3.63, 3.8) is 0 Å². The number of benzene rings is 2. The lowest BCUT2D eigenvalue weighted by Gasteiger charge is -2.20. The number of rotatable bonds is 6. The van der Waals surface area contributed by atoms with Crippen LogP contribution in [0.4, 0.5) is 20.4 Å². The smallest absolute Gasteiger partial charge is 0.255 e. The summed E-state index contributed by atoms with van der Waals surface area (Å²) in [5, 5.41) is 39.8. The molecule has 4 amide bonds. The molecule has 12 rings (SSSR count). The van der Waals surface area contributed by atoms with E-state index in [1.807, 2.05) is 24.3 Å². The predicted molar refractivity (Wildman–Crippen MR) is 239 cm³/mol. The molecular formula is C48H40F2N14O4. The van der Waals surface area contributed by atoms with Gasteiger partial charge in [-0.3, -0.25) is 19.2 Å². The quantitative estimate of drug-likeness (QED) is 0.187. The summed E-state index contributed by atoms with van der Waals surface area (Å²) in [6.07, 6.45) is 6.65. The van der Waals surface area contributed by atoms with Crippen molar-refractivity contribution in [3.05, 3.63) is 118 Å². The van der Waals surface area contributed by atoms with E-state index in [0.717, 1.165) is 25.7 Å². The molecule has 6 aliphatic rings. The number of anilines is 2. The van der Waals surface area contributed by atoms with Crippen molar-refractivity contribution in [2.24, 2.45) is 10.8 Å². The van der Waals surface area contributed by atoms with Crippen LogP contribution >= 0.6 is 0 Å². The number of aromatic nitrogens is 6. The summed E-state index contributed by atoms with van der Waals surface area (Å²) in [6.45, 7) is 4.43. The van der Waals surface area contributed by atoms with Gasteiger partial charge in [-0.05, 0) is 62.1 Å². The lowest BCUT2D eigenvalue weighted by atomic mass is 9.86. The number of nitrogens with one attached hydrogen (secondary N) is 4. The number of pyridine rings is 2. The monoisotopic (exact) mass is 914 g/mol. The number of hydrogen-bond donors (Lipinski definition) is 4. The van der Waals surface area contributed by atoms with Crippen molar-refractivity contribution in [2.45, 2.75) is 38.8 Å². The Hall–Kier alpha value is -8.52. The molecule has 6 aliphatic heterocycles. The van der Waals surface area contributed by atoms with Crippen LogP contribution in [-0.4, -0.2) is 92.4 Å². The zero-order chi connectivity index (χ0) is 46.9. The van der Waals surface area contributed by atoms with E-state index in [1.165, 1.54) is 36.4 Å². The van der Waals surface area contributed by atoms with Gasteiger partial charge in [0.25, 0.3) is 11.8 Å². The molecule has 18 nitrogen and oxygen atoms in total. The fourth-order valence-electron chi connectivity index (χ4n) is 10.4. The topological polar surface area (TPSA) is 232 Å². The Morgan fingerprint density at radius 3 is 1.41 bits per heavy atom. The summed E-state index contributed by atoms with van der Waals surface area (Å²) in [5.41, 5.74) is 2.92. The van der Waals surface area contributed by atoms with Crippen LogP contribution in [0.3, 0.4) is 0 Å². The second kappa shape index (κ2) is 16.1. The molecule has 2 aromatic carbocycles. The molecular weight excluding hydrogens is 875 g/mol. The third kappa shape index (κ3) is 6.86. The maximum absolute atomic E-state index is 14.7. The van der Waals surface area contributed by atoms with E-state index in [-0.39, 0.29) is 81.2 Å². The molecule has 0 bridgehead atoms. The highest BCUT2D eigenvalue weighted by Gasteiger charge is 2.49. The van der Waals surface area contributed by atoms with E-state index >= 15 is 0 Å². The van der Waals surface area contributed by atoms with Crippen molar-refractivity contribution in [3.8, 4) is 46.0 Å². The van der Waals surface area contributed by atoms with Crippen LogP contribution in [0.1, 0.15) is 68.9 Å². The third-order valence-corrected chi connectivity index (χ3v) is 14.0. The highest BCUT2D eigenvalue weighted by molar-refractivity contribution is 6.02. The molecule has 2 atom stereocenters. The summed E-state index contributed by atoms with van der Waals surface area (Å²) in [5.74, 6) is -0.0878. The van der Waals surface area contributed by atoms with Crippen LogP contribution in [0, 0.1) is 45.1 Å². The predicted octanol–water partition coefficient (Wildman–Crippen LogP) is 3.81. The fraction of sp³-hybridized carbons (Fsp3) is 0.292. The van der Waals surface area contributed by atoms with Crippen LogP contribution in [0.5, 0.6) is 0 Å². The molecule has 4 N–H and O–H groups in total. The van der Waals surface area contributed by atoms with Crippen molar-refractivity contribution < 1.29 is 28.0 Å². The second-order valence-corrected chi connectivity index (χ2v) is 17.8. The average molecular weight is 915 g/mol. The largest absolute Gasteiger partial charge is 0.356 e. The first kappa shape index (κ1) is 42.1. The van der Waals surface area contributed by atoms with E-state index < -0.39 is 11.6 Å². The van der Waals surface area contributed by atoms with E-state index in [0.29, 0.717) is 84.8 Å². The Balaban J connectivity index is 0.000000149. The van der Waals surface area contributed by atoms with Crippen LogP contribution in [0.2, 0.25) is 0 Å². The third-order valence-electron chi connectivity index (χ3n) is 14.0. The number of halogens is 2. The van der Waals surface area contributed by atoms with Gasteiger partial charge in [-0.1, -0.05) is 12.1 Å². The summed E-state index contributed by atoms with van der Waals surface area (Å²) in [4.78, 5) is 63.0. The van der Waals surface area contributed by atoms with Crippen molar-refractivity contribution in [1.82, 2.24) is 50.8 Å². The minimum absolute atomic E-state index is 0.0921. The number of nitrogens with zero attached hydrogens (tertiary/aromatic N) is 10. The van der Waals surface area contributed by atoms with Crippen molar-refractivity contribution >= 4 is 35.3 Å². The fourth-order valence-corrected chi connectivity index (χ4v) is 10.4. The van der Waals surface area contributed by atoms with Gasteiger partial charge in [0, 0.05) is 63.8 Å². The Morgan fingerprint density at radius 1 is 0.574 bits per heavy atom. The Bertz CT molecular complexity index is 3030. The number of carbonyl (C=O) groups excluding carboxylic acids is 4. The molecule has 340 valence electrons. The molecule has 4 fully saturated rings. The lowest BCUT2D eigenvalue weighted by molar-refractivity contribution is -0.127. The molecule has 4 saturated heterocycles. The molecule has 0 aliphatic carbocycles. The summed E-state index contributed by atoms with van der Waals surface area (Å²) in [7, 11) is 0. The van der Waals surface area contributed by atoms with Gasteiger partial charge in [-0.2, -0.15) is 20.7 Å². The average Bonchev–Trinajstić information content (AvgIpc) is 4.21. The zero-order valence-corrected chi connectivity index (χ0v) is 36.3. The Morgan fingerprint density at radius 2 is 1.01 bits per heavy atom. The van der Waals surface area contributed by atoms with Gasteiger partial charge in [0.15, 0.2) is 11.6 Å². The number of fused-ring (bicyclic) bond motifs is 2. The van der Waals surface area contributed by atoms with Crippen molar-refractivity contribution in [2.75, 3.05) is 49.1 Å².